The van der Waals surface area contributed by atoms with Crippen molar-refractivity contribution in [1.29, 1.82) is 0 Å². The molecule has 3 heteroatoms. The van der Waals surface area contributed by atoms with Crippen LogP contribution in [-0.4, -0.2) is 5.91 Å². The van der Waals surface area contributed by atoms with Crippen molar-refractivity contribution < 1.29 is 4.79 Å². The first-order chi connectivity index (χ1) is 10.8. The van der Waals surface area contributed by atoms with Gasteiger partial charge in [-0.3, -0.25) is 4.79 Å². The zero-order chi connectivity index (χ0) is 14.9. The van der Waals surface area contributed by atoms with Gasteiger partial charge in [0.15, 0.2) is 0 Å². The van der Waals surface area contributed by atoms with Gasteiger partial charge in [-0.1, -0.05) is 48.5 Å². The lowest BCUT2D eigenvalue weighted by Crippen LogP contribution is -2.03. The molecule has 22 heavy (non-hydrogen) atoms. The van der Waals surface area contributed by atoms with Crippen LogP contribution in [0.1, 0.15) is 10.4 Å². The summed E-state index contributed by atoms with van der Waals surface area (Å²) < 4.78 is 0. The van der Waals surface area contributed by atoms with Gasteiger partial charge in [0.25, 0.3) is 5.91 Å². The Labute approximate surface area is 132 Å². The van der Waals surface area contributed by atoms with Crippen LogP contribution in [0.25, 0.3) is 22.8 Å². The van der Waals surface area contributed by atoms with E-state index in [1.807, 2.05) is 48.5 Å². The van der Waals surface area contributed by atoms with Crippen LogP contribution in [-0.2, 0) is 4.79 Å². The van der Waals surface area contributed by atoms with Crippen molar-refractivity contribution in [2.75, 3.05) is 5.32 Å². The molecule has 106 valence electrons. The zero-order valence-corrected chi connectivity index (χ0v) is 12.6. The van der Waals surface area contributed by atoms with Crippen molar-refractivity contribution in [2.45, 2.75) is 0 Å². The maximum atomic E-state index is 12.1. The maximum absolute atomic E-state index is 12.1. The number of fused-ring (bicyclic) bond motifs is 1. The van der Waals surface area contributed by atoms with Crippen LogP contribution in [0.15, 0.2) is 66.0 Å². The van der Waals surface area contributed by atoms with E-state index in [0.29, 0.717) is 0 Å². The van der Waals surface area contributed by atoms with Crippen molar-refractivity contribution in [1.82, 2.24) is 0 Å². The molecule has 0 bridgehead atoms. The smallest absolute Gasteiger partial charge is 0.256 e. The van der Waals surface area contributed by atoms with Gasteiger partial charge in [-0.2, -0.15) is 0 Å². The fraction of sp³-hybridized carbons (Fsp3) is 0. The van der Waals surface area contributed by atoms with E-state index in [1.165, 1.54) is 11.1 Å². The second kappa shape index (κ2) is 5.28. The van der Waals surface area contributed by atoms with Crippen LogP contribution in [0.4, 0.5) is 5.69 Å². The minimum atomic E-state index is -0.0316. The Balaban J connectivity index is 1.72. The molecular weight excluding hydrogens is 290 g/mol. The lowest BCUT2D eigenvalue weighted by molar-refractivity contribution is -0.110. The van der Waals surface area contributed by atoms with Crippen molar-refractivity contribution in [3.05, 3.63) is 76.5 Å². The Hall–Kier alpha value is -2.65. The van der Waals surface area contributed by atoms with E-state index >= 15 is 0 Å². The van der Waals surface area contributed by atoms with Crippen LogP contribution in [0.2, 0.25) is 0 Å². The summed E-state index contributed by atoms with van der Waals surface area (Å²) in [6.45, 7) is 0. The van der Waals surface area contributed by atoms with Gasteiger partial charge in [0.1, 0.15) is 0 Å². The highest BCUT2D eigenvalue weighted by Gasteiger charge is 2.23. The molecule has 0 saturated carbocycles. The van der Waals surface area contributed by atoms with Gasteiger partial charge in [0.2, 0.25) is 0 Å². The molecule has 2 nitrogen and oxygen atoms in total. The largest absolute Gasteiger partial charge is 0.321 e. The van der Waals surface area contributed by atoms with Crippen molar-refractivity contribution in [3.8, 4) is 11.1 Å². The Kier molecular flexibility index (Phi) is 3.13. The van der Waals surface area contributed by atoms with Crippen LogP contribution < -0.4 is 5.32 Å². The average Bonchev–Trinajstić information content (AvgIpc) is 3.14. The van der Waals surface area contributed by atoms with E-state index in [1.54, 1.807) is 11.3 Å². The molecule has 2 aromatic carbocycles. The SMILES string of the molecule is O=C1Nc2ccccc2/C1=C/c1cc(-c2ccccc2)cs1. The van der Waals surface area contributed by atoms with Crippen LogP contribution >= 0.6 is 11.3 Å². The zero-order valence-electron chi connectivity index (χ0n) is 11.7. The Morgan fingerprint density at radius 3 is 2.55 bits per heavy atom. The Bertz CT molecular complexity index is 877. The number of hydrogen-bond donors (Lipinski definition) is 1. The van der Waals surface area contributed by atoms with Crippen molar-refractivity contribution >= 4 is 34.6 Å². The fourth-order valence-corrected chi connectivity index (χ4v) is 3.48. The summed E-state index contributed by atoms with van der Waals surface area (Å²) in [4.78, 5) is 13.2. The summed E-state index contributed by atoms with van der Waals surface area (Å²) in [5, 5.41) is 5.03. The molecule has 2 heterocycles. The summed E-state index contributed by atoms with van der Waals surface area (Å²) in [6, 6.07) is 20.2. The number of carbonyl (C=O) groups is 1. The summed E-state index contributed by atoms with van der Waals surface area (Å²) >= 11 is 1.65. The molecule has 1 aliphatic rings. The molecule has 0 aliphatic carbocycles. The number of carbonyl (C=O) groups excluding carboxylic acids is 1. The molecule has 1 aromatic heterocycles. The Morgan fingerprint density at radius 1 is 0.909 bits per heavy atom. The van der Waals surface area contributed by atoms with Crippen molar-refractivity contribution in [3.63, 3.8) is 0 Å². The molecular formula is C19H13NOS. The highest BCUT2D eigenvalue weighted by atomic mass is 32.1. The van der Waals surface area contributed by atoms with Crippen LogP contribution in [0.5, 0.6) is 0 Å². The van der Waals surface area contributed by atoms with E-state index in [-0.39, 0.29) is 5.91 Å². The first-order valence-corrected chi connectivity index (χ1v) is 7.96. The van der Waals surface area contributed by atoms with E-state index in [4.69, 9.17) is 0 Å². The lowest BCUT2D eigenvalue weighted by atomic mass is 10.1. The average molecular weight is 303 g/mol. The normalized spacial score (nSPS) is 14.9. The van der Waals surface area contributed by atoms with Gasteiger partial charge in [-0.25, -0.2) is 0 Å². The highest BCUT2D eigenvalue weighted by molar-refractivity contribution is 7.11. The number of rotatable bonds is 2. The minimum absolute atomic E-state index is 0.0316. The van der Waals surface area contributed by atoms with Gasteiger partial charge >= 0.3 is 0 Å². The number of thiophene rings is 1. The van der Waals surface area contributed by atoms with Gasteiger partial charge in [-0.15, -0.1) is 11.3 Å². The molecule has 0 fully saturated rings. The molecule has 0 unspecified atom stereocenters. The van der Waals surface area contributed by atoms with Gasteiger partial charge in [-0.05, 0) is 34.7 Å². The van der Waals surface area contributed by atoms with E-state index in [9.17, 15) is 4.79 Å². The van der Waals surface area contributed by atoms with Gasteiger partial charge < -0.3 is 5.32 Å². The molecule has 0 saturated heterocycles. The molecule has 0 atom stereocenters. The molecule has 1 amide bonds. The second-order valence-corrected chi connectivity index (χ2v) is 6.10. The fourth-order valence-electron chi connectivity index (χ4n) is 2.63. The molecule has 1 N–H and O–H groups in total. The van der Waals surface area contributed by atoms with E-state index in [2.05, 4.69) is 28.9 Å². The monoisotopic (exact) mass is 303 g/mol. The number of amides is 1. The van der Waals surface area contributed by atoms with Crippen LogP contribution in [0.3, 0.4) is 0 Å². The highest BCUT2D eigenvalue weighted by Crippen LogP contribution is 2.34. The first-order valence-electron chi connectivity index (χ1n) is 7.08. The summed E-state index contributed by atoms with van der Waals surface area (Å²) in [7, 11) is 0. The number of anilines is 1. The molecule has 0 spiro atoms. The van der Waals surface area contributed by atoms with Gasteiger partial charge in [0.05, 0.1) is 5.57 Å². The lowest BCUT2D eigenvalue weighted by Gasteiger charge is -1.96. The Morgan fingerprint density at radius 2 is 1.68 bits per heavy atom. The van der Waals surface area contributed by atoms with Crippen LogP contribution in [0, 0.1) is 0 Å². The number of hydrogen-bond acceptors (Lipinski definition) is 2. The quantitative estimate of drug-likeness (QED) is 0.670. The number of para-hydroxylation sites is 1. The van der Waals surface area contributed by atoms with Crippen molar-refractivity contribution in [2.24, 2.45) is 0 Å². The first kappa shape index (κ1) is 13.0. The standard InChI is InChI=1S/C19H13NOS/c21-19-17(16-8-4-5-9-18(16)20-19)11-15-10-14(12-22-15)13-6-2-1-3-7-13/h1-12H,(H,20,21)/b17-11-. The summed E-state index contributed by atoms with van der Waals surface area (Å²) in [6.07, 6.45) is 1.97. The van der Waals surface area contributed by atoms with E-state index < -0.39 is 0 Å². The third-order valence-corrected chi connectivity index (χ3v) is 4.60. The molecule has 1 aliphatic heterocycles. The maximum Gasteiger partial charge on any atom is 0.256 e. The molecule has 4 rings (SSSR count). The summed E-state index contributed by atoms with van der Waals surface area (Å²) in [5.74, 6) is -0.0316. The predicted octanol–water partition coefficient (Wildman–Crippen LogP) is 4.91. The van der Waals surface area contributed by atoms with E-state index in [0.717, 1.165) is 21.7 Å². The molecule has 3 aromatic rings. The minimum Gasteiger partial charge on any atom is -0.321 e. The third kappa shape index (κ3) is 2.26. The topological polar surface area (TPSA) is 29.1 Å². The number of nitrogens with one attached hydrogen (secondary N) is 1. The number of benzene rings is 2. The third-order valence-electron chi connectivity index (χ3n) is 3.72. The second-order valence-electron chi connectivity index (χ2n) is 5.16. The predicted molar refractivity (Wildman–Crippen MR) is 92.7 cm³/mol. The summed E-state index contributed by atoms with van der Waals surface area (Å²) in [5.41, 5.74) is 4.97. The molecule has 0 radical (unpaired) electrons. The van der Waals surface area contributed by atoms with Gasteiger partial charge in [0, 0.05) is 16.1 Å².